The molecule has 2 rings (SSSR count). The molecule has 2 nitrogen and oxygen atoms in total. The van der Waals surface area contributed by atoms with E-state index in [9.17, 15) is 0 Å². The average molecular weight is 226 g/mol. The van der Waals surface area contributed by atoms with E-state index in [0.717, 1.165) is 23.4 Å². The van der Waals surface area contributed by atoms with Gasteiger partial charge in [-0.25, -0.2) is 0 Å². The van der Waals surface area contributed by atoms with Crippen LogP contribution in [0, 0.1) is 0 Å². The molecule has 0 aliphatic heterocycles. The van der Waals surface area contributed by atoms with Crippen molar-refractivity contribution in [3.63, 3.8) is 0 Å². The van der Waals surface area contributed by atoms with E-state index in [4.69, 9.17) is 22.1 Å². The first-order chi connectivity index (χ1) is 7.18. The summed E-state index contributed by atoms with van der Waals surface area (Å²) in [7, 11) is 1.74. The van der Waals surface area contributed by atoms with Crippen molar-refractivity contribution in [2.75, 3.05) is 7.11 Å². The Balaban J connectivity index is 2.19. The van der Waals surface area contributed by atoms with Crippen molar-refractivity contribution in [3.05, 3.63) is 34.9 Å². The molecule has 1 unspecified atom stereocenters. The van der Waals surface area contributed by atoms with E-state index in [-0.39, 0.29) is 11.6 Å². The lowest BCUT2D eigenvalue weighted by atomic mass is 9.72. The maximum absolute atomic E-state index is 6.23. The number of hydrogen-bond donors (Lipinski definition) is 1. The van der Waals surface area contributed by atoms with Gasteiger partial charge in [-0.15, -0.1) is 0 Å². The number of benzene rings is 1. The zero-order valence-corrected chi connectivity index (χ0v) is 9.63. The first kappa shape index (κ1) is 10.9. The maximum Gasteiger partial charge on any atom is 0.0870 e. The Labute approximate surface area is 95.4 Å². The molecule has 0 saturated heterocycles. The van der Waals surface area contributed by atoms with Gasteiger partial charge in [0.2, 0.25) is 0 Å². The summed E-state index contributed by atoms with van der Waals surface area (Å²) in [5.74, 6) is 0. The quantitative estimate of drug-likeness (QED) is 0.859. The summed E-state index contributed by atoms with van der Waals surface area (Å²) in [6.07, 6.45) is 3.30. The van der Waals surface area contributed by atoms with Crippen LogP contribution >= 0.6 is 11.6 Å². The topological polar surface area (TPSA) is 35.2 Å². The van der Waals surface area contributed by atoms with Gasteiger partial charge in [0, 0.05) is 12.1 Å². The van der Waals surface area contributed by atoms with Crippen molar-refractivity contribution in [2.45, 2.75) is 30.9 Å². The molecule has 0 amide bonds. The molecular weight excluding hydrogens is 210 g/mol. The van der Waals surface area contributed by atoms with E-state index in [1.807, 2.05) is 24.3 Å². The lowest BCUT2D eigenvalue weighted by molar-refractivity contribution is -0.0911. The molecule has 1 aliphatic rings. The molecule has 1 aromatic carbocycles. The van der Waals surface area contributed by atoms with Gasteiger partial charge in [0.15, 0.2) is 0 Å². The second kappa shape index (κ2) is 4.12. The van der Waals surface area contributed by atoms with Crippen LogP contribution in [0.1, 0.15) is 30.9 Å². The van der Waals surface area contributed by atoms with Crippen molar-refractivity contribution in [1.82, 2.24) is 0 Å². The Morgan fingerprint density at radius 1 is 1.33 bits per heavy atom. The molecule has 1 aromatic rings. The summed E-state index contributed by atoms with van der Waals surface area (Å²) in [5.41, 5.74) is 7.18. The zero-order chi connectivity index (χ0) is 10.9. The standard InChI is InChI=1S/C12H16ClNO/c1-15-12(7-2-8-12)11(14)9-3-5-10(13)6-4-9/h3-6,11H,2,7-8,14H2,1H3. The van der Waals surface area contributed by atoms with Gasteiger partial charge in [0.25, 0.3) is 0 Å². The lowest BCUT2D eigenvalue weighted by Crippen LogP contribution is -2.48. The van der Waals surface area contributed by atoms with Crippen LogP contribution in [0.4, 0.5) is 0 Å². The first-order valence-corrected chi connectivity index (χ1v) is 5.62. The minimum atomic E-state index is -0.145. The summed E-state index contributed by atoms with van der Waals surface area (Å²) in [6, 6.07) is 7.66. The van der Waals surface area contributed by atoms with Gasteiger partial charge in [-0.1, -0.05) is 23.7 Å². The van der Waals surface area contributed by atoms with Crippen LogP contribution in [0.25, 0.3) is 0 Å². The molecule has 0 aromatic heterocycles. The number of methoxy groups -OCH3 is 1. The second-order valence-electron chi connectivity index (χ2n) is 4.15. The fourth-order valence-corrected chi connectivity index (χ4v) is 2.27. The zero-order valence-electron chi connectivity index (χ0n) is 8.87. The smallest absolute Gasteiger partial charge is 0.0870 e. The molecule has 1 saturated carbocycles. The Kier molecular flexibility index (Phi) is 3.01. The van der Waals surface area contributed by atoms with Crippen LogP contribution < -0.4 is 5.73 Å². The van der Waals surface area contributed by atoms with Crippen molar-refractivity contribution < 1.29 is 4.74 Å². The summed E-state index contributed by atoms with van der Waals surface area (Å²) in [5, 5.41) is 0.742. The van der Waals surface area contributed by atoms with Crippen LogP contribution in [-0.4, -0.2) is 12.7 Å². The fraction of sp³-hybridized carbons (Fsp3) is 0.500. The van der Waals surface area contributed by atoms with Gasteiger partial charge < -0.3 is 10.5 Å². The monoisotopic (exact) mass is 225 g/mol. The van der Waals surface area contributed by atoms with Crippen molar-refractivity contribution in [3.8, 4) is 0 Å². The third kappa shape index (κ3) is 1.89. The minimum absolute atomic E-state index is 0.0477. The third-order valence-electron chi connectivity index (χ3n) is 3.40. The molecule has 15 heavy (non-hydrogen) atoms. The van der Waals surface area contributed by atoms with Gasteiger partial charge in [0.05, 0.1) is 11.6 Å². The highest BCUT2D eigenvalue weighted by Crippen LogP contribution is 2.43. The van der Waals surface area contributed by atoms with Gasteiger partial charge in [0.1, 0.15) is 0 Å². The summed E-state index contributed by atoms with van der Waals surface area (Å²) >= 11 is 5.84. The molecule has 0 bridgehead atoms. The highest BCUT2D eigenvalue weighted by molar-refractivity contribution is 6.30. The lowest BCUT2D eigenvalue weighted by Gasteiger charge is -2.45. The van der Waals surface area contributed by atoms with Crippen molar-refractivity contribution in [1.29, 1.82) is 0 Å². The van der Waals surface area contributed by atoms with Gasteiger partial charge in [-0.05, 0) is 37.0 Å². The molecule has 1 aliphatic carbocycles. The second-order valence-corrected chi connectivity index (χ2v) is 4.59. The Morgan fingerprint density at radius 3 is 2.33 bits per heavy atom. The first-order valence-electron chi connectivity index (χ1n) is 5.24. The molecule has 1 atom stereocenters. The van der Waals surface area contributed by atoms with E-state index in [0.29, 0.717) is 0 Å². The molecule has 0 heterocycles. The van der Waals surface area contributed by atoms with E-state index < -0.39 is 0 Å². The molecule has 1 fully saturated rings. The highest BCUT2D eigenvalue weighted by atomic mass is 35.5. The molecule has 0 radical (unpaired) electrons. The van der Waals surface area contributed by atoms with Crippen LogP contribution in [0.5, 0.6) is 0 Å². The largest absolute Gasteiger partial charge is 0.376 e. The Hall–Kier alpha value is -0.570. The fourth-order valence-electron chi connectivity index (χ4n) is 2.14. The van der Waals surface area contributed by atoms with Crippen LogP contribution in [-0.2, 0) is 4.74 Å². The van der Waals surface area contributed by atoms with Gasteiger partial charge in [-0.2, -0.15) is 0 Å². The molecule has 0 spiro atoms. The summed E-state index contributed by atoms with van der Waals surface area (Å²) in [6.45, 7) is 0. The number of ether oxygens (including phenoxy) is 1. The SMILES string of the molecule is COC1(C(N)c2ccc(Cl)cc2)CCC1. The van der Waals surface area contributed by atoms with E-state index in [2.05, 4.69) is 0 Å². The Bertz CT molecular complexity index is 326. The van der Waals surface area contributed by atoms with Gasteiger partial charge >= 0.3 is 0 Å². The van der Waals surface area contributed by atoms with Crippen LogP contribution in [0.15, 0.2) is 24.3 Å². The summed E-state index contributed by atoms with van der Waals surface area (Å²) in [4.78, 5) is 0. The molecule has 2 N–H and O–H groups in total. The predicted molar refractivity (Wildman–Crippen MR) is 62.0 cm³/mol. The van der Waals surface area contributed by atoms with E-state index in [1.54, 1.807) is 7.11 Å². The van der Waals surface area contributed by atoms with Gasteiger partial charge in [-0.3, -0.25) is 0 Å². The van der Waals surface area contributed by atoms with Crippen molar-refractivity contribution >= 4 is 11.6 Å². The average Bonchev–Trinajstić information content (AvgIpc) is 2.18. The highest BCUT2D eigenvalue weighted by Gasteiger charge is 2.43. The normalized spacial score (nSPS) is 20.7. The molecule has 82 valence electrons. The predicted octanol–water partition coefficient (Wildman–Crippen LogP) is 2.91. The molecule has 3 heteroatoms. The minimum Gasteiger partial charge on any atom is -0.376 e. The van der Waals surface area contributed by atoms with E-state index in [1.165, 1.54) is 6.42 Å². The molecular formula is C12H16ClNO. The summed E-state index contributed by atoms with van der Waals surface area (Å²) < 4.78 is 5.56. The van der Waals surface area contributed by atoms with E-state index >= 15 is 0 Å². The van der Waals surface area contributed by atoms with Crippen LogP contribution in [0.2, 0.25) is 5.02 Å². The third-order valence-corrected chi connectivity index (χ3v) is 3.65. The van der Waals surface area contributed by atoms with Crippen LogP contribution in [0.3, 0.4) is 0 Å². The number of rotatable bonds is 3. The number of halogens is 1. The number of hydrogen-bond acceptors (Lipinski definition) is 2. The maximum atomic E-state index is 6.23. The van der Waals surface area contributed by atoms with Crippen molar-refractivity contribution in [2.24, 2.45) is 5.73 Å². The number of nitrogens with two attached hydrogens (primary N) is 1. The Morgan fingerprint density at radius 2 is 1.93 bits per heavy atom.